The van der Waals surface area contributed by atoms with Crippen LogP contribution < -0.4 is 10.6 Å². The van der Waals surface area contributed by atoms with Crippen LogP contribution in [0, 0.1) is 17.2 Å². The maximum Gasteiger partial charge on any atom is 0.125 e. The van der Waals surface area contributed by atoms with Crippen LogP contribution in [0.2, 0.25) is 0 Å². The van der Waals surface area contributed by atoms with Gasteiger partial charge in [-0.15, -0.1) is 0 Å². The van der Waals surface area contributed by atoms with Crippen LogP contribution in [0.1, 0.15) is 39.2 Å². The smallest absolute Gasteiger partial charge is 0.125 e. The molecule has 0 saturated carbocycles. The number of hydrogen-bond donors (Lipinski definition) is 1. The van der Waals surface area contributed by atoms with E-state index in [-0.39, 0.29) is 5.82 Å². The molecule has 1 fully saturated rings. The molecule has 0 atom stereocenters. The molecule has 19 heavy (non-hydrogen) atoms. The molecule has 0 amide bonds. The second-order valence-corrected chi connectivity index (χ2v) is 6.65. The predicted octanol–water partition coefficient (Wildman–Crippen LogP) is 3.55. The fraction of sp³-hybridized carbons (Fsp3) is 0.625. The second kappa shape index (κ2) is 5.49. The van der Waals surface area contributed by atoms with Gasteiger partial charge in [0.25, 0.3) is 0 Å². The van der Waals surface area contributed by atoms with Crippen LogP contribution in [0.4, 0.5) is 10.1 Å². The van der Waals surface area contributed by atoms with Crippen molar-refractivity contribution in [2.24, 2.45) is 17.1 Å². The van der Waals surface area contributed by atoms with Crippen molar-refractivity contribution in [3.8, 4) is 0 Å². The fourth-order valence-electron chi connectivity index (χ4n) is 2.94. The molecule has 0 unspecified atom stereocenters. The lowest BCUT2D eigenvalue weighted by molar-refractivity contribution is 0.199. The Kier molecular flexibility index (Phi) is 4.14. The van der Waals surface area contributed by atoms with Crippen LogP contribution in [0.5, 0.6) is 0 Å². The first-order valence-corrected chi connectivity index (χ1v) is 7.14. The molecule has 1 aromatic carbocycles. The molecule has 0 spiro atoms. The van der Waals surface area contributed by atoms with Crippen molar-refractivity contribution in [2.45, 2.75) is 40.2 Å². The summed E-state index contributed by atoms with van der Waals surface area (Å²) in [6.07, 6.45) is 2.36. The summed E-state index contributed by atoms with van der Waals surface area (Å²) in [4.78, 5) is 2.28. The van der Waals surface area contributed by atoms with Crippen LogP contribution in [0.15, 0.2) is 18.2 Å². The van der Waals surface area contributed by atoms with Gasteiger partial charge in [0.1, 0.15) is 5.82 Å². The summed E-state index contributed by atoms with van der Waals surface area (Å²) in [5.41, 5.74) is 7.83. The minimum atomic E-state index is -0.184. The van der Waals surface area contributed by atoms with Gasteiger partial charge in [-0.2, -0.15) is 0 Å². The summed E-state index contributed by atoms with van der Waals surface area (Å²) in [5, 5.41) is 0. The van der Waals surface area contributed by atoms with Gasteiger partial charge in [0, 0.05) is 25.3 Å². The summed E-state index contributed by atoms with van der Waals surface area (Å²) in [5.74, 6) is 0.571. The van der Waals surface area contributed by atoms with Gasteiger partial charge in [0.15, 0.2) is 0 Å². The summed E-state index contributed by atoms with van der Waals surface area (Å²) >= 11 is 0. The Labute approximate surface area is 115 Å². The summed E-state index contributed by atoms with van der Waals surface area (Å²) in [6.45, 7) is 9.33. The molecule has 0 aliphatic carbocycles. The van der Waals surface area contributed by atoms with E-state index in [9.17, 15) is 4.39 Å². The first-order valence-electron chi connectivity index (χ1n) is 7.14. The van der Waals surface area contributed by atoms with Crippen LogP contribution >= 0.6 is 0 Å². The Bertz CT molecular complexity index is 429. The quantitative estimate of drug-likeness (QED) is 0.885. The minimum Gasteiger partial charge on any atom is -0.371 e. The van der Waals surface area contributed by atoms with Crippen LogP contribution in [0.25, 0.3) is 0 Å². The first kappa shape index (κ1) is 14.3. The summed E-state index contributed by atoms with van der Waals surface area (Å²) < 4.78 is 13.6. The fourth-order valence-corrected chi connectivity index (χ4v) is 2.94. The Balaban J connectivity index is 2.07. The van der Waals surface area contributed by atoms with Crippen molar-refractivity contribution in [1.82, 2.24) is 0 Å². The van der Waals surface area contributed by atoms with E-state index < -0.39 is 0 Å². The molecule has 1 aromatic rings. The standard InChI is InChI=1S/C16H25FN2/c1-16(2,3)13-4-6-19(7-5-13)15-9-12(11-18)8-14(17)10-15/h8-10,13H,4-7,11,18H2,1-3H3. The second-order valence-electron chi connectivity index (χ2n) is 6.65. The molecule has 3 heteroatoms. The highest BCUT2D eigenvalue weighted by atomic mass is 19.1. The molecular formula is C16H25FN2. The number of nitrogens with two attached hydrogens (primary N) is 1. The Morgan fingerprint density at radius 2 is 1.84 bits per heavy atom. The van der Waals surface area contributed by atoms with Crippen molar-refractivity contribution in [3.63, 3.8) is 0 Å². The number of piperidine rings is 1. The third-order valence-electron chi connectivity index (χ3n) is 4.26. The van der Waals surface area contributed by atoms with Gasteiger partial charge in [-0.25, -0.2) is 4.39 Å². The lowest BCUT2D eigenvalue weighted by Gasteiger charge is -2.39. The van der Waals surface area contributed by atoms with E-state index >= 15 is 0 Å². The summed E-state index contributed by atoms with van der Waals surface area (Å²) in [6, 6.07) is 5.16. The molecule has 0 aromatic heterocycles. The molecule has 2 rings (SSSR count). The van der Waals surface area contributed by atoms with Crippen molar-refractivity contribution in [3.05, 3.63) is 29.6 Å². The van der Waals surface area contributed by atoms with Gasteiger partial charge in [-0.3, -0.25) is 0 Å². The Hall–Kier alpha value is -1.09. The highest BCUT2D eigenvalue weighted by Gasteiger charge is 2.28. The molecule has 2 N–H and O–H groups in total. The average Bonchev–Trinajstić information content (AvgIpc) is 2.37. The Morgan fingerprint density at radius 3 is 2.37 bits per heavy atom. The molecule has 1 aliphatic heterocycles. The molecule has 0 radical (unpaired) electrons. The zero-order chi connectivity index (χ0) is 14.0. The van der Waals surface area contributed by atoms with E-state index in [0.29, 0.717) is 12.0 Å². The predicted molar refractivity (Wildman–Crippen MR) is 78.7 cm³/mol. The van der Waals surface area contributed by atoms with Crippen LogP contribution in [-0.2, 0) is 6.54 Å². The first-order chi connectivity index (χ1) is 8.90. The van der Waals surface area contributed by atoms with Crippen molar-refractivity contribution in [2.75, 3.05) is 18.0 Å². The van der Waals surface area contributed by atoms with Gasteiger partial charge in [-0.1, -0.05) is 20.8 Å². The topological polar surface area (TPSA) is 29.3 Å². The number of nitrogens with zero attached hydrogens (tertiary/aromatic N) is 1. The normalized spacial score (nSPS) is 17.8. The zero-order valence-corrected chi connectivity index (χ0v) is 12.2. The van der Waals surface area contributed by atoms with E-state index in [0.717, 1.165) is 30.3 Å². The largest absolute Gasteiger partial charge is 0.371 e. The van der Waals surface area contributed by atoms with E-state index in [1.54, 1.807) is 6.07 Å². The van der Waals surface area contributed by atoms with Crippen LogP contribution in [-0.4, -0.2) is 13.1 Å². The number of anilines is 1. The highest BCUT2D eigenvalue weighted by Crippen LogP contribution is 2.35. The molecule has 2 nitrogen and oxygen atoms in total. The Morgan fingerprint density at radius 1 is 1.21 bits per heavy atom. The number of rotatable bonds is 2. The van der Waals surface area contributed by atoms with E-state index in [1.165, 1.54) is 18.9 Å². The maximum atomic E-state index is 13.6. The number of hydrogen-bond acceptors (Lipinski definition) is 2. The van der Waals surface area contributed by atoms with Crippen molar-refractivity contribution in [1.29, 1.82) is 0 Å². The summed E-state index contributed by atoms with van der Waals surface area (Å²) in [7, 11) is 0. The number of halogens is 1. The lowest BCUT2D eigenvalue weighted by atomic mass is 9.75. The van der Waals surface area contributed by atoms with Crippen LogP contribution in [0.3, 0.4) is 0 Å². The van der Waals surface area contributed by atoms with Gasteiger partial charge < -0.3 is 10.6 Å². The molecule has 106 valence electrons. The zero-order valence-electron chi connectivity index (χ0n) is 12.2. The van der Waals surface area contributed by atoms with Gasteiger partial charge in [-0.05, 0) is 47.9 Å². The lowest BCUT2D eigenvalue weighted by Crippen LogP contribution is -2.38. The third kappa shape index (κ3) is 3.47. The molecular weight excluding hydrogens is 239 g/mol. The third-order valence-corrected chi connectivity index (χ3v) is 4.26. The monoisotopic (exact) mass is 264 g/mol. The van der Waals surface area contributed by atoms with Crippen molar-refractivity contribution < 1.29 is 4.39 Å². The molecule has 1 heterocycles. The van der Waals surface area contributed by atoms with Gasteiger partial charge in [0.05, 0.1) is 0 Å². The average molecular weight is 264 g/mol. The van der Waals surface area contributed by atoms with Gasteiger partial charge in [0.2, 0.25) is 0 Å². The molecule has 1 aliphatic rings. The van der Waals surface area contributed by atoms with E-state index in [4.69, 9.17) is 5.73 Å². The SMILES string of the molecule is CC(C)(C)C1CCN(c2cc(F)cc(CN)c2)CC1. The van der Waals surface area contributed by atoms with E-state index in [1.807, 2.05) is 6.07 Å². The molecule has 0 bridgehead atoms. The highest BCUT2D eigenvalue weighted by molar-refractivity contribution is 5.49. The number of benzene rings is 1. The maximum absolute atomic E-state index is 13.6. The minimum absolute atomic E-state index is 0.184. The van der Waals surface area contributed by atoms with Gasteiger partial charge >= 0.3 is 0 Å². The molecule has 1 saturated heterocycles. The van der Waals surface area contributed by atoms with E-state index in [2.05, 4.69) is 25.7 Å². The van der Waals surface area contributed by atoms with Crippen molar-refractivity contribution >= 4 is 5.69 Å².